The van der Waals surface area contributed by atoms with Gasteiger partial charge in [0, 0.05) is 5.54 Å². The summed E-state index contributed by atoms with van der Waals surface area (Å²) in [6.07, 6.45) is 0.0759. The molecular weight excluding hydrogens is 209 g/mol. The molecule has 2 N–H and O–H groups in total. The third-order valence-electron chi connectivity index (χ3n) is 2.32. The highest BCUT2D eigenvalue weighted by Crippen LogP contribution is 2.22. The number of halogens is 1. The fourth-order valence-electron chi connectivity index (χ4n) is 1.44. The molecule has 4 heteroatoms. The van der Waals surface area contributed by atoms with Gasteiger partial charge in [0.05, 0.1) is 13.0 Å². The van der Waals surface area contributed by atoms with Crippen LogP contribution in [0.25, 0.3) is 0 Å². The summed E-state index contributed by atoms with van der Waals surface area (Å²) in [4.78, 5) is 11.3. The van der Waals surface area contributed by atoms with Gasteiger partial charge in [0.2, 0.25) is 0 Å². The van der Waals surface area contributed by atoms with Crippen molar-refractivity contribution in [2.75, 3.05) is 6.61 Å². The van der Waals surface area contributed by atoms with Crippen molar-refractivity contribution in [1.82, 2.24) is 0 Å². The lowest BCUT2D eigenvalue weighted by Crippen LogP contribution is -2.36. The van der Waals surface area contributed by atoms with Crippen molar-refractivity contribution in [1.29, 1.82) is 0 Å². The molecule has 1 aromatic carbocycles. The summed E-state index contributed by atoms with van der Waals surface area (Å²) >= 11 is 0. The van der Waals surface area contributed by atoms with E-state index >= 15 is 0 Å². The van der Waals surface area contributed by atoms with Gasteiger partial charge in [-0.25, -0.2) is 4.39 Å². The molecule has 1 unspecified atom stereocenters. The van der Waals surface area contributed by atoms with Crippen molar-refractivity contribution in [3.05, 3.63) is 35.6 Å². The first-order valence-corrected chi connectivity index (χ1v) is 5.16. The zero-order valence-electron chi connectivity index (χ0n) is 9.50. The molecule has 88 valence electrons. The molecule has 0 heterocycles. The number of nitrogens with two attached hydrogens (primary N) is 1. The van der Waals surface area contributed by atoms with E-state index in [1.54, 1.807) is 26.0 Å². The van der Waals surface area contributed by atoms with Crippen LogP contribution in [0.4, 0.5) is 4.39 Å². The van der Waals surface area contributed by atoms with E-state index < -0.39 is 5.54 Å². The highest BCUT2D eigenvalue weighted by atomic mass is 19.1. The minimum atomic E-state index is -0.833. The summed E-state index contributed by atoms with van der Waals surface area (Å²) in [7, 11) is 0. The first kappa shape index (κ1) is 12.6. The van der Waals surface area contributed by atoms with E-state index in [9.17, 15) is 9.18 Å². The Balaban J connectivity index is 2.76. The average molecular weight is 225 g/mol. The van der Waals surface area contributed by atoms with Gasteiger partial charge >= 0.3 is 5.97 Å². The van der Waals surface area contributed by atoms with E-state index in [0.717, 1.165) is 0 Å². The lowest BCUT2D eigenvalue weighted by Gasteiger charge is -2.24. The van der Waals surface area contributed by atoms with Crippen LogP contribution in [0.5, 0.6) is 0 Å². The second-order valence-corrected chi connectivity index (χ2v) is 3.91. The maximum Gasteiger partial charge on any atom is 0.307 e. The van der Waals surface area contributed by atoms with Crippen molar-refractivity contribution < 1.29 is 13.9 Å². The largest absolute Gasteiger partial charge is 0.466 e. The van der Waals surface area contributed by atoms with Crippen molar-refractivity contribution >= 4 is 5.97 Å². The van der Waals surface area contributed by atoms with E-state index in [2.05, 4.69) is 0 Å². The number of rotatable bonds is 4. The van der Waals surface area contributed by atoms with Crippen LogP contribution in [0.15, 0.2) is 24.3 Å². The van der Waals surface area contributed by atoms with E-state index in [-0.39, 0.29) is 18.2 Å². The first-order chi connectivity index (χ1) is 7.45. The predicted molar refractivity (Wildman–Crippen MR) is 59.2 cm³/mol. The molecule has 0 amide bonds. The molecule has 1 rings (SSSR count). The fraction of sp³-hybridized carbons (Fsp3) is 0.417. The van der Waals surface area contributed by atoms with Crippen LogP contribution in [0.2, 0.25) is 0 Å². The van der Waals surface area contributed by atoms with Gasteiger partial charge in [-0.05, 0) is 31.5 Å². The number of ether oxygens (including phenoxy) is 1. The number of benzene rings is 1. The van der Waals surface area contributed by atoms with E-state index in [1.807, 2.05) is 0 Å². The van der Waals surface area contributed by atoms with Crippen LogP contribution in [0.1, 0.15) is 25.8 Å². The summed E-state index contributed by atoms with van der Waals surface area (Å²) in [5.74, 6) is -0.674. The second kappa shape index (κ2) is 5.07. The lowest BCUT2D eigenvalue weighted by molar-refractivity contribution is -0.144. The molecule has 0 radical (unpaired) electrons. The highest BCUT2D eigenvalue weighted by Gasteiger charge is 2.25. The third-order valence-corrected chi connectivity index (χ3v) is 2.32. The van der Waals surface area contributed by atoms with Crippen molar-refractivity contribution in [3.8, 4) is 0 Å². The molecule has 1 aromatic rings. The molecule has 3 nitrogen and oxygen atoms in total. The first-order valence-electron chi connectivity index (χ1n) is 5.16. The molecule has 0 fully saturated rings. The van der Waals surface area contributed by atoms with Gasteiger partial charge in [-0.1, -0.05) is 12.1 Å². The summed E-state index contributed by atoms with van der Waals surface area (Å²) in [5, 5.41) is 0. The topological polar surface area (TPSA) is 52.3 Å². The average Bonchev–Trinajstić information content (AvgIpc) is 2.17. The summed E-state index contributed by atoms with van der Waals surface area (Å²) < 4.78 is 17.6. The van der Waals surface area contributed by atoms with Gasteiger partial charge in [-0.3, -0.25) is 4.79 Å². The van der Waals surface area contributed by atoms with Crippen LogP contribution >= 0.6 is 0 Å². The van der Waals surface area contributed by atoms with Crippen LogP contribution < -0.4 is 5.73 Å². The summed E-state index contributed by atoms with van der Waals surface area (Å²) in [5.41, 5.74) is 5.87. The minimum Gasteiger partial charge on any atom is -0.466 e. The number of esters is 1. The van der Waals surface area contributed by atoms with Gasteiger partial charge in [0.1, 0.15) is 5.82 Å². The molecule has 0 bridgehead atoms. The molecule has 0 aliphatic heterocycles. The van der Waals surface area contributed by atoms with Gasteiger partial charge in [0.15, 0.2) is 0 Å². The van der Waals surface area contributed by atoms with Crippen LogP contribution in [0.3, 0.4) is 0 Å². The predicted octanol–water partition coefficient (Wildman–Crippen LogP) is 1.95. The van der Waals surface area contributed by atoms with Crippen LogP contribution in [-0.2, 0) is 15.1 Å². The number of carbonyl (C=O) groups is 1. The second-order valence-electron chi connectivity index (χ2n) is 3.91. The summed E-state index contributed by atoms with van der Waals surface area (Å²) in [6, 6.07) is 5.81. The quantitative estimate of drug-likeness (QED) is 0.797. The molecule has 16 heavy (non-hydrogen) atoms. The van der Waals surface area contributed by atoms with Gasteiger partial charge in [0.25, 0.3) is 0 Å². The Morgan fingerprint density at radius 2 is 2.00 bits per heavy atom. The van der Waals surface area contributed by atoms with Gasteiger partial charge in [-0.2, -0.15) is 0 Å². The van der Waals surface area contributed by atoms with Crippen LogP contribution in [-0.4, -0.2) is 12.6 Å². The molecule has 0 aliphatic rings. The van der Waals surface area contributed by atoms with Gasteiger partial charge < -0.3 is 10.5 Å². The Hall–Kier alpha value is -1.42. The third kappa shape index (κ3) is 3.31. The van der Waals surface area contributed by atoms with Crippen molar-refractivity contribution in [3.63, 3.8) is 0 Å². The number of hydrogen-bond acceptors (Lipinski definition) is 3. The van der Waals surface area contributed by atoms with Crippen molar-refractivity contribution in [2.45, 2.75) is 25.8 Å². The minimum absolute atomic E-state index is 0.0759. The van der Waals surface area contributed by atoms with Crippen molar-refractivity contribution in [2.24, 2.45) is 5.73 Å². The Labute approximate surface area is 94.4 Å². The molecule has 0 spiro atoms. The highest BCUT2D eigenvalue weighted by molar-refractivity contribution is 5.71. The Kier molecular flexibility index (Phi) is 4.01. The molecule has 0 aliphatic carbocycles. The standard InChI is InChI=1S/C12H16FNO2/c1-3-16-11(15)8-12(2,14)9-4-6-10(13)7-5-9/h4-7H,3,8,14H2,1-2H3. The Morgan fingerprint density at radius 1 is 1.44 bits per heavy atom. The maximum atomic E-state index is 12.7. The maximum absolute atomic E-state index is 12.7. The summed E-state index contributed by atoms with van der Waals surface area (Å²) in [6.45, 7) is 3.79. The number of carbonyl (C=O) groups excluding carboxylic acids is 1. The van der Waals surface area contributed by atoms with E-state index in [1.165, 1.54) is 12.1 Å². The molecule has 0 saturated heterocycles. The normalized spacial score (nSPS) is 14.2. The Bertz CT molecular complexity index is 360. The molecule has 0 saturated carbocycles. The molecule has 1 atom stereocenters. The number of hydrogen-bond donors (Lipinski definition) is 1. The van der Waals surface area contributed by atoms with Crippen LogP contribution in [0, 0.1) is 5.82 Å². The van der Waals surface area contributed by atoms with E-state index in [4.69, 9.17) is 10.5 Å². The molecule has 0 aromatic heterocycles. The zero-order chi connectivity index (χ0) is 12.2. The Morgan fingerprint density at radius 3 is 2.50 bits per heavy atom. The SMILES string of the molecule is CCOC(=O)CC(C)(N)c1ccc(F)cc1. The van der Waals surface area contributed by atoms with Gasteiger partial charge in [-0.15, -0.1) is 0 Å². The monoisotopic (exact) mass is 225 g/mol. The lowest BCUT2D eigenvalue weighted by atomic mass is 9.90. The fourth-order valence-corrected chi connectivity index (χ4v) is 1.44. The van der Waals surface area contributed by atoms with E-state index in [0.29, 0.717) is 12.2 Å². The molecular formula is C12H16FNO2. The smallest absolute Gasteiger partial charge is 0.307 e. The zero-order valence-corrected chi connectivity index (χ0v) is 9.50.